The van der Waals surface area contributed by atoms with Crippen LogP contribution >= 0.6 is 15.9 Å². The topological polar surface area (TPSA) is 111 Å². The van der Waals surface area contributed by atoms with Crippen LogP contribution in [0.5, 0.6) is 17.4 Å². The molecule has 2 aromatic heterocycles. The molecule has 0 aliphatic carbocycles. The van der Waals surface area contributed by atoms with Crippen molar-refractivity contribution >= 4 is 38.4 Å². The Hall–Kier alpha value is -3.96. The van der Waals surface area contributed by atoms with E-state index in [2.05, 4.69) is 31.1 Å². The normalized spacial score (nSPS) is 18.6. The van der Waals surface area contributed by atoms with Crippen LogP contribution in [0.25, 0.3) is 10.9 Å². The summed E-state index contributed by atoms with van der Waals surface area (Å²) in [5.74, 6) is 1.15. The Morgan fingerprint density at radius 1 is 1.07 bits per heavy atom. The molecule has 2 aromatic carbocycles. The molecule has 4 aromatic rings. The van der Waals surface area contributed by atoms with Gasteiger partial charge in [-0.25, -0.2) is 0 Å². The van der Waals surface area contributed by atoms with Crippen LogP contribution in [-0.4, -0.2) is 51.9 Å². The number of piperidine rings is 1. The van der Waals surface area contributed by atoms with Crippen LogP contribution in [-0.2, 0) is 18.0 Å². The summed E-state index contributed by atoms with van der Waals surface area (Å²) in [6.07, 6.45) is 1.05. The molecule has 40 heavy (non-hydrogen) atoms. The van der Waals surface area contributed by atoms with E-state index in [1.807, 2.05) is 34.9 Å². The highest BCUT2D eigenvalue weighted by molar-refractivity contribution is 9.10. The molecule has 1 fully saturated rings. The molecule has 1 saturated heterocycles. The van der Waals surface area contributed by atoms with E-state index in [1.54, 1.807) is 42.0 Å². The minimum atomic E-state index is -0.580. The molecule has 2 bridgehead atoms. The van der Waals surface area contributed by atoms with Gasteiger partial charge in [0.25, 0.3) is 5.56 Å². The Bertz CT molecular complexity index is 1660. The van der Waals surface area contributed by atoms with Gasteiger partial charge in [0.2, 0.25) is 5.88 Å². The molecule has 2 aliphatic heterocycles. The maximum atomic E-state index is 12.4. The van der Waals surface area contributed by atoms with Crippen LogP contribution in [0.3, 0.4) is 0 Å². The molecule has 2 atom stereocenters. The van der Waals surface area contributed by atoms with Crippen molar-refractivity contribution in [2.45, 2.75) is 25.6 Å². The lowest BCUT2D eigenvalue weighted by Gasteiger charge is -2.42. The van der Waals surface area contributed by atoms with E-state index >= 15 is 0 Å². The number of fused-ring (bicyclic) bond motifs is 5. The largest absolute Gasteiger partial charge is 0.497 e. The van der Waals surface area contributed by atoms with E-state index in [1.165, 1.54) is 0 Å². The summed E-state index contributed by atoms with van der Waals surface area (Å²) in [5.41, 5.74) is 2.13. The Morgan fingerprint density at radius 2 is 1.88 bits per heavy atom. The number of hydrogen-bond donors (Lipinski definition) is 1. The van der Waals surface area contributed by atoms with Gasteiger partial charge in [0.15, 0.2) is 12.3 Å². The average molecular weight is 606 g/mol. The Labute approximate surface area is 238 Å². The molecule has 0 radical (unpaired) electrons. The molecular formula is C29H28BrN5O5. The van der Waals surface area contributed by atoms with Crippen molar-refractivity contribution in [3.8, 4) is 17.4 Å². The number of pyridine rings is 1. The number of carbonyl (C=O) groups is 1. The SMILES string of the molecule is COc1ccc(OCC(=O)N=Nc2c(O)n(CN3C[C@@H]4C[C@@H](C3)c3cccc(=O)n3C4)c3ccc(Br)cc23)cc1. The molecule has 1 N–H and O–H groups in total. The molecule has 6 rings (SSSR count). The fourth-order valence-electron chi connectivity index (χ4n) is 5.80. The van der Waals surface area contributed by atoms with Crippen molar-refractivity contribution < 1.29 is 19.4 Å². The standard InChI is InChI=1S/C29H28BrN5O5/c1-39-21-6-8-22(9-7-21)40-16-26(36)31-32-28-23-12-20(30)5-10-25(23)35(29(28)38)17-33-13-18-11-19(15-33)24-3-2-4-27(37)34(24)14-18/h2-10,12,18-19,38H,11,13-17H2,1H3/t18-,19-/m0/s1. The van der Waals surface area contributed by atoms with Gasteiger partial charge in [-0.1, -0.05) is 22.0 Å². The van der Waals surface area contributed by atoms with Gasteiger partial charge in [0.1, 0.15) is 11.5 Å². The number of rotatable bonds is 7. The van der Waals surface area contributed by atoms with Crippen LogP contribution in [0.2, 0.25) is 0 Å². The summed E-state index contributed by atoms with van der Waals surface area (Å²) < 4.78 is 15.2. The van der Waals surface area contributed by atoms with E-state index in [0.29, 0.717) is 36.0 Å². The molecule has 206 valence electrons. The maximum absolute atomic E-state index is 12.4. The van der Waals surface area contributed by atoms with Gasteiger partial charge >= 0.3 is 5.91 Å². The summed E-state index contributed by atoms with van der Waals surface area (Å²) in [4.78, 5) is 27.1. The third-order valence-electron chi connectivity index (χ3n) is 7.55. The number of halogens is 1. The number of methoxy groups -OCH3 is 1. The van der Waals surface area contributed by atoms with Crippen molar-refractivity contribution in [3.05, 3.63) is 81.2 Å². The van der Waals surface area contributed by atoms with E-state index in [0.717, 1.165) is 35.2 Å². The summed E-state index contributed by atoms with van der Waals surface area (Å²) in [6.45, 7) is 2.43. The maximum Gasteiger partial charge on any atom is 0.302 e. The minimum Gasteiger partial charge on any atom is -0.497 e. The Kier molecular flexibility index (Phi) is 7.16. The third-order valence-corrected chi connectivity index (χ3v) is 8.05. The smallest absolute Gasteiger partial charge is 0.302 e. The van der Waals surface area contributed by atoms with Gasteiger partial charge in [0.05, 0.1) is 19.3 Å². The van der Waals surface area contributed by atoms with Crippen molar-refractivity contribution in [3.63, 3.8) is 0 Å². The zero-order valence-electron chi connectivity index (χ0n) is 21.9. The highest BCUT2D eigenvalue weighted by Gasteiger charge is 2.35. The number of aromatic nitrogens is 2. The number of amides is 1. The summed E-state index contributed by atoms with van der Waals surface area (Å²) in [6, 6.07) is 18.0. The van der Waals surface area contributed by atoms with Gasteiger partial charge in [-0.05, 0) is 60.9 Å². The second-order valence-corrected chi connectivity index (χ2v) is 11.1. The number of aromatic hydroxyl groups is 1. The lowest BCUT2D eigenvalue weighted by molar-refractivity contribution is -0.120. The molecular weight excluding hydrogens is 578 g/mol. The predicted octanol–water partition coefficient (Wildman–Crippen LogP) is 5.05. The Balaban J connectivity index is 1.21. The zero-order valence-corrected chi connectivity index (χ0v) is 23.5. The first-order valence-electron chi connectivity index (χ1n) is 13.0. The molecule has 4 heterocycles. The number of hydrogen-bond acceptors (Lipinski definition) is 7. The zero-order chi connectivity index (χ0) is 27.8. The van der Waals surface area contributed by atoms with E-state index in [4.69, 9.17) is 9.47 Å². The molecule has 11 heteroatoms. The first kappa shape index (κ1) is 26.3. The fraction of sp³-hybridized carbons (Fsp3) is 0.310. The number of nitrogens with zero attached hydrogens (tertiary/aromatic N) is 5. The molecule has 0 unspecified atom stereocenters. The van der Waals surface area contributed by atoms with Gasteiger partial charge in [-0.15, -0.1) is 10.2 Å². The van der Waals surface area contributed by atoms with Crippen LogP contribution in [0.4, 0.5) is 5.69 Å². The van der Waals surface area contributed by atoms with E-state index < -0.39 is 5.91 Å². The third kappa shape index (κ3) is 5.14. The van der Waals surface area contributed by atoms with E-state index in [9.17, 15) is 14.7 Å². The number of benzene rings is 2. The predicted molar refractivity (Wildman–Crippen MR) is 152 cm³/mol. The fourth-order valence-corrected chi connectivity index (χ4v) is 6.16. The van der Waals surface area contributed by atoms with Crippen molar-refractivity contribution in [2.24, 2.45) is 16.1 Å². The monoisotopic (exact) mass is 605 g/mol. The highest BCUT2D eigenvalue weighted by atomic mass is 79.9. The van der Waals surface area contributed by atoms with Gasteiger partial charge in [-0.2, -0.15) is 0 Å². The van der Waals surface area contributed by atoms with Crippen molar-refractivity contribution in [1.82, 2.24) is 14.0 Å². The number of ether oxygens (including phenoxy) is 2. The molecule has 0 saturated carbocycles. The van der Waals surface area contributed by atoms with Crippen LogP contribution in [0.1, 0.15) is 18.0 Å². The average Bonchev–Trinajstić information content (AvgIpc) is 3.20. The van der Waals surface area contributed by atoms with Crippen molar-refractivity contribution in [1.29, 1.82) is 0 Å². The van der Waals surface area contributed by atoms with Gasteiger partial charge < -0.3 is 19.1 Å². The number of likely N-dealkylation sites (tertiary alicyclic amines) is 1. The molecule has 0 spiro atoms. The number of azo groups is 1. The van der Waals surface area contributed by atoms with Crippen LogP contribution in [0.15, 0.2) is 80.2 Å². The summed E-state index contributed by atoms with van der Waals surface area (Å²) in [5, 5.41) is 19.9. The lowest BCUT2D eigenvalue weighted by Crippen LogP contribution is -2.47. The molecule has 10 nitrogen and oxygen atoms in total. The van der Waals surface area contributed by atoms with Gasteiger partial charge in [0, 0.05) is 47.2 Å². The first-order valence-corrected chi connectivity index (χ1v) is 13.8. The molecule has 2 aliphatic rings. The van der Waals surface area contributed by atoms with Crippen molar-refractivity contribution in [2.75, 3.05) is 26.8 Å². The van der Waals surface area contributed by atoms with Crippen LogP contribution < -0.4 is 15.0 Å². The second-order valence-electron chi connectivity index (χ2n) is 10.2. The minimum absolute atomic E-state index is 0.0548. The second kappa shape index (κ2) is 10.9. The van der Waals surface area contributed by atoms with Crippen LogP contribution in [0, 0.1) is 5.92 Å². The summed E-state index contributed by atoms with van der Waals surface area (Å²) >= 11 is 3.50. The highest BCUT2D eigenvalue weighted by Crippen LogP contribution is 2.41. The first-order chi connectivity index (χ1) is 19.4. The Morgan fingerprint density at radius 3 is 2.67 bits per heavy atom. The van der Waals surface area contributed by atoms with E-state index in [-0.39, 0.29) is 29.7 Å². The summed E-state index contributed by atoms with van der Waals surface area (Å²) in [7, 11) is 1.57. The van der Waals surface area contributed by atoms with Gasteiger partial charge in [-0.3, -0.25) is 19.1 Å². The molecule has 1 amide bonds. The lowest BCUT2D eigenvalue weighted by atomic mass is 9.83. The number of carbonyl (C=O) groups excluding carboxylic acids is 1. The quantitative estimate of drug-likeness (QED) is 0.295.